The molecule has 2 heterocycles. The van der Waals surface area contributed by atoms with E-state index in [2.05, 4.69) is 27.7 Å². The third-order valence-corrected chi connectivity index (χ3v) is 4.23. The van der Waals surface area contributed by atoms with Crippen LogP contribution in [0.2, 0.25) is 0 Å². The summed E-state index contributed by atoms with van der Waals surface area (Å²) in [7, 11) is 0. The molecule has 1 aromatic rings. The van der Waals surface area contributed by atoms with E-state index in [0.717, 1.165) is 19.1 Å². The predicted molar refractivity (Wildman–Crippen MR) is 67.5 cm³/mol. The highest BCUT2D eigenvalue weighted by Crippen LogP contribution is 2.43. The minimum absolute atomic E-state index is 0.509. The second-order valence-corrected chi connectivity index (χ2v) is 5.27. The number of aromatic nitrogens is 2. The lowest BCUT2D eigenvalue weighted by atomic mass is 9.97. The number of hydrogen-bond donors (Lipinski definition) is 1. The van der Waals surface area contributed by atoms with Gasteiger partial charge in [0.25, 0.3) is 0 Å². The molecule has 1 aliphatic heterocycles. The summed E-state index contributed by atoms with van der Waals surface area (Å²) in [5.74, 6) is 0.609. The van der Waals surface area contributed by atoms with Crippen LogP contribution >= 0.6 is 0 Å². The second-order valence-electron chi connectivity index (χ2n) is 5.27. The average molecular weight is 234 g/mol. The summed E-state index contributed by atoms with van der Waals surface area (Å²) in [6, 6.07) is 3.50. The normalized spacial score (nSPS) is 30.0. The van der Waals surface area contributed by atoms with Crippen molar-refractivity contribution in [3.05, 3.63) is 18.0 Å². The highest BCUT2D eigenvalue weighted by Gasteiger charge is 2.43. The Morgan fingerprint density at radius 3 is 2.88 bits per heavy atom. The highest BCUT2D eigenvalue weighted by molar-refractivity contribution is 5.13. The Balaban J connectivity index is 1.90. The SMILES string of the molecule is CCn1nccc1C1C(CN)CCN1C1CC1. The molecule has 3 rings (SSSR count). The lowest BCUT2D eigenvalue weighted by Crippen LogP contribution is -2.31. The van der Waals surface area contributed by atoms with E-state index >= 15 is 0 Å². The molecule has 1 aliphatic carbocycles. The van der Waals surface area contributed by atoms with Crippen LogP contribution in [0.1, 0.15) is 37.9 Å². The molecule has 1 saturated heterocycles. The molecule has 94 valence electrons. The zero-order valence-corrected chi connectivity index (χ0v) is 10.5. The number of likely N-dealkylation sites (tertiary alicyclic amines) is 1. The van der Waals surface area contributed by atoms with Gasteiger partial charge in [-0.25, -0.2) is 0 Å². The average Bonchev–Trinajstić information content (AvgIpc) is 2.95. The van der Waals surface area contributed by atoms with Crippen molar-refractivity contribution in [2.75, 3.05) is 13.1 Å². The monoisotopic (exact) mass is 234 g/mol. The van der Waals surface area contributed by atoms with Crippen LogP contribution in [0.15, 0.2) is 12.3 Å². The van der Waals surface area contributed by atoms with Gasteiger partial charge in [0.15, 0.2) is 0 Å². The fourth-order valence-corrected chi connectivity index (χ4v) is 3.22. The topological polar surface area (TPSA) is 47.1 Å². The first-order chi connectivity index (χ1) is 8.35. The molecule has 0 bridgehead atoms. The van der Waals surface area contributed by atoms with Crippen LogP contribution in [0, 0.1) is 5.92 Å². The van der Waals surface area contributed by atoms with Gasteiger partial charge in [-0.05, 0) is 51.3 Å². The van der Waals surface area contributed by atoms with Crippen LogP contribution in [0.3, 0.4) is 0 Å². The van der Waals surface area contributed by atoms with Crippen molar-refractivity contribution in [2.24, 2.45) is 11.7 Å². The lowest BCUT2D eigenvalue weighted by molar-refractivity contribution is 0.209. The van der Waals surface area contributed by atoms with Gasteiger partial charge in [0.05, 0.1) is 11.7 Å². The molecule has 4 heteroatoms. The van der Waals surface area contributed by atoms with E-state index in [1.807, 2.05) is 6.20 Å². The van der Waals surface area contributed by atoms with Gasteiger partial charge in [-0.15, -0.1) is 0 Å². The summed E-state index contributed by atoms with van der Waals surface area (Å²) in [5, 5.41) is 4.41. The first-order valence-electron chi connectivity index (χ1n) is 6.82. The second kappa shape index (κ2) is 4.42. The number of hydrogen-bond acceptors (Lipinski definition) is 3. The maximum absolute atomic E-state index is 5.95. The molecule has 0 amide bonds. The van der Waals surface area contributed by atoms with Crippen molar-refractivity contribution < 1.29 is 0 Å². The van der Waals surface area contributed by atoms with Gasteiger partial charge in [0.2, 0.25) is 0 Å². The van der Waals surface area contributed by atoms with Gasteiger partial charge < -0.3 is 5.73 Å². The summed E-state index contributed by atoms with van der Waals surface area (Å²) in [5.41, 5.74) is 7.32. The van der Waals surface area contributed by atoms with Gasteiger partial charge in [-0.3, -0.25) is 9.58 Å². The minimum atomic E-state index is 0.509. The summed E-state index contributed by atoms with van der Waals surface area (Å²) < 4.78 is 2.13. The van der Waals surface area contributed by atoms with Crippen LogP contribution in [0.4, 0.5) is 0 Å². The third-order valence-electron chi connectivity index (χ3n) is 4.23. The fraction of sp³-hybridized carbons (Fsp3) is 0.769. The number of nitrogens with two attached hydrogens (primary N) is 1. The van der Waals surface area contributed by atoms with E-state index in [9.17, 15) is 0 Å². The Bertz CT molecular complexity index is 383. The minimum Gasteiger partial charge on any atom is -0.330 e. The first-order valence-corrected chi connectivity index (χ1v) is 6.82. The molecule has 4 nitrogen and oxygen atoms in total. The van der Waals surface area contributed by atoms with E-state index in [0.29, 0.717) is 12.0 Å². The molecule has 0 spiro atoms. The molecule has 0 radical (unpaired) electrons. The summed E-state index contributed by atoms with van der Waals surface area (Å²) in [4.78, 5) is 2.67. The maximum Gasteiger partial charge on any atom is 0.0560 e. The van der Waals surface area contributed by atoms with Crippen LogP contribution in [-0.2, 0) is 6.54 Å². The Kier molecular flexibility index (Phi) is 2.92. The molecule has 2 aliphatic rings. The Labute approximate surface area is 103 Å². The zero-order valence-electron chi connectivity index (χ0n) is 10.5. The van der Waals surface area contributed by atoms with Crippen LogP contribution < -0.4 is 5.73 Å². The van der Waals surface area contributed by atoms with E-state index < -0.39 is 0 Å². The molecule has 2 N–H and O–H groups in total. The Morgan fingerprint density at radius 2 is 2.24 bits per heavy atom. The smallest absolute Gasteiger partial charge is 0.0560 e. The van der Waals surface area contributed by atoms with Crippen molar-refractivity contribution in [1.29, 1.82) is 0 Å². The molecule has 17 heavy (non-hydrogen) atoms. The Morgan fingerprint density at radius 1 is 1.41 bits per heavy atom. The van der Waals surface area contributed by atoms with Crippen LogP contribution in [-0.4, -0.2) is 33.8 Å². The summed E-state index contributed by atoms with van der Waals surface area (Å²) >= 11 is 0. The lowest BCUT2D eigenvalue weighted by Gasteiger charge is -2.28. The van der Waals surface area contributed by atoms with Gasteiger partial charge in [0.1, 0.15) is 0 Å². The van der Waals surface area contributed by atoms with Gasteiger partial charge in [-0.2, -0.15) is 5.10 Å². The van der Waals surface area contributed by atoms with Crippen molar-refractivity contribution >= 4 is 0 Å². The fourth-order valence-electron chi connectivity index (χ4n) is 3.22. The van der Waals surface area contributed by atoms with E-state index in [-0.39, 0.29) is 0 Å². The van der Waals surface area contributed by atoms with Crippen LogP contribution in [0.25, 0.3) is 0 Å². The molecular weight excluding hydrogens is 212 g/mol. The molecule has 1 saturated carbocycles. The molecule has 2 fully saturated rings. The van der Waals surface area contributed by atoms with Crippen molar-refractivity contribution in [3.63, 3.8) is 0 Å². The number of nitrogens with zero attached hydrogens (tertiary/aromatic N) is 3. The number of aryl methyl sites for hydroxylation is 1. The first kappa shape index (κ1) is 11.2. The van der Waals surface area contributed by atoms with Crippen LogP contribution in [0.5, 0.6) is 0 Å². The third kappa shape index (κ3) is 1.89. The maximum atomic E-state index is 5.95. The predicted octanol–water partition coefficient (Wildman–Crippen LogP) is 1.39. The van der Waals surface area contributed by atoms with Gasteiger partial charge in [0, 0.05) is 18.8 Å². The van der Waals surface area contributed by atoms with E-state index in [1.165, 1.54) is 31.5 Å². The van der Waals surface area contributed by atoms with Crippen molar-refractivity contribution in [3.8, 4) is 0 Å². The Hall–Kier alpha value is -0.870. The van der Waals surface area contributed by atoms with E-state index in [1.54, 1.807) is 0 Å². The van der Waals surface area contributed by atoms with Crippen molar-refractivity contribution in [1.82, 2.24) is 14.7 Å². The summed E-state index contributed by atoms with van der Waals surface area (Å²) in [6.07, 6.45) is 5.91. The standard InChI is InChI=1S/C13H22N4/c1-2-17-12(5-7-15-17)13-10(9-14)6-8-16(13)11-3-4-11/h5,7,10-11,13H,2-4,6,8-9,14H2,1H3. The molecule has 0 aromatic carbocycles. The zero-order chi connectivity index (χ0) is 11.8. The molecule has 2 unspecified atom stereocenters. The highest BCUT2D eigenvalue weighted by atomic mass is 15.3. The van der Waals surface area contributed by atoms with Gasteiger partial charge >= 0.3 is 0 Å². The number of rotatable bonds is 4. The quantitative estimate of drug-likeness (QED) is 0.856. The largest absolute Gasteiger partial charge is 0.330 e. The molecular formula is C13H22N4. The molecule has 1 aromatic heterocycles. The summed E-state index contributed by atoms with van der Waals surface area (Å²) in [6.45, 7) is 5.12. The van der Waals surface area contributed by atoms with E-state index in [4.69, 9.17) is 5.73 Å². The van der Waals surface area contributed by atoms with Gasteiger partial charge in [-0.1, -0.05) is 0 Å². The molecule has 2 atom stereocenters. The van der Waals surface area contributed by atoms with Crippen molar-refractivity contribution in [2.45, 2.75) is 44.8 Å².